The average Bonchev–Trinajstić information content (AvgIpc) is 2.93. The molecule has 0 unspecified atom stereocenters. The Labute approximate surface area is 126 Å². The molecule has 22 heavy (non-hydrogen) atoms. The molecule has 0 aliphatic carbocycles. The van der Waals surface area contributed by atoms with Gasteiger partial charge in [-0.2, -0.15) is 0 Å². The molecule has 6 heteroatoms. The normalized spacial score (nSPS) is 10.6. The number of nitrogens with two attached hydrogens (primary N) is 1. The van der Waals surface area contributed by atoms with Crippen LogP contribution in [0.15, 0.2) is 48.8 Å². The van der Waals surface area contributed by atoms with E-state index in [1.807, 2.05) is 25.1 Å². The first-order valence-electron chi connectivity index (χ1n) is 6.70. The highest BCUT2D eigenvalue weighted by Crippen LogP contribution is 2.18. The number of primary amides is 1. The van der Waals surface area contributed by atoms with E-state index in [4.69, 9.17) is 5.73 Å². The Balaban J connectivity index is 1.94. The van der Waals surface area contributed by atoms with Crippen molar-refractivity contribution in [1.82, 2.24) is 9.38 Å². The summed E-state index contributed by atoms with van der Waals surface area (Å²) in [4.78, 5) is 27.9. The minimum Gasteiger partial charge on any atom is -0.366 e. The molecule has 3 aromatic rings. The van der Waals surface area contributed by atoms with Gasteiger partial charge < -0.3 is 11.1 Å². The minimum atomic E-state index is -0.537. The Morgan fingerprint density at radius 1 is 1.23 bits per heavy atom. The number of carbonyl (C=O) groups is 2. The van der Waals surface area contributed by atoms with Crippen LogP contribution < -0.4 is 11.1 Å². The standard InChI is InChI=1S/C16H14N4O2/c1-10-5-6-11(15(17)21)8-12(10)19-16(22)13-9-18-14-4-2-3-7-20(13)14/h2-9H,1H3,(H2,17,21)(H,19,22). The van der Waals surface area contributed by atoms with Gasteiger partial charge in [0, 0.05) is 17.4 Å². The third kappa shape index (κ3) is 2.42. The summed E-state index contributed by atoms with van der Waals surface area (Å²) in [5, 5.41) is 2.79. The lowest BCUT2D eigenvalue weighted by atomic mass is 10.1. The van der Waals surface area contributed by atoms with Crippen molar-refractivity contribution in [1.29, 1.82) is 0 Å². The first kappa shape index (κ1) is 13.8. The van der Waals surface area contributed by atoms with E-state index in [1.54, 1.807) is 28.8 Å². The summed E-state index contributed by atoms with van der Waals surface area (Å²) in [6.45, 7) is 1.84. The smallest absolute Gasteiger partial charge is 0.274 e. The topological polar surface area (TPSA) is 89.5 Å². The van der Waals surface area contributed by atoms with Crippen molar-refractivity contribution in [2.75, 3.05) is 5.32 Å². The number of nitrogens with one attached hydrogen (secondary N) is 1. The first-order chi connectivity index (χ1) is 10.6. The monoisotopic (exact) mass is 294 g/mol. The molecule has 2 amide bonds. The van der Waals surface area contributed by atoms with Gasteiger partial charge in [0.05, 0.1) is 6.20 Å². The fourth-order valence-corrected chi connectivity index (χ4v) is 2.20. The van der Waals surface area contributed by atoms with E-state index in [2.05, 4.69) is 10.3 Å². The van der Waals surface area contributed by atoms with E-state index in [-0.39, 0.29) is 5.91 Å². The van der Waals surface area contributed by atoms with Gasteiger partial charge in [-0.15, -0.1) is 0 Å². The Morgan fingerprint density at radius 3 is 2.82 bits per heavy atom. The van der Waals surface area contributed by atoms with Crippen LogP contribution in [0.3, 0.4) is 0 Å². The molecule has 2 heterocycles. The van der Waals surface area contributed by atoms with E-state index in [0.29, 0.717) is 22.6 Å². The average molecular weight is 294 g/mol. The molecule has 2 aromatic heterocycles. The molecule has 0 radical (unpaired) electrons. The number of benzene rings is 1. The van der Waals surface area contributed by atoms with Crippen molar-refractivity contribution < 1.29 is 9.59 Å². The molecule has 0 saturated carbocycles. The Bertz CT molecular complexity index is 883. The Hall–Kier alpha value is -3.15. The lowest BCUT2D eigenvalue weighted by Crippen LogP contribution is -2.16. The zero-order valence-corrected chi connectivity index (χ0v) is 11.9. The van der Waals surface area contributed by atoms with Gasteiger partial charge in [0.1, 0.15) is 11.3 Å². The number of anilines is 1. The number of rotatable bonds is 3. The molecular formula is C16H14N4O2. The first-order valence-corrected chi connectivity index (χ1v) is 6.70. The van der Waals surface area contributed by atoms with Crippen molar-refractivity contribution >= 4 is 23.1 Å². The highest BCUT2D eigenvalue weighted by molar-refractivity contribution is 6.04. The third-order valence-electron chi connectivity index (χ3n) is 3.42. The van der Waals surface area contributed by atoms with Gasteiger partial charge in [-0.05, 0) is 36.8 Å². The van der Waals surface area contributed by atoms with Crippen LogP contribution in [0.1, 0.15) is 26.4 Å². The van der Waals surface area contributed by atoms with E-state index in [9.17, 15) is 9.59 Å². The quantitative estimate of drug-likeness (QED) is 0.774. The molecule has 3 rings (SSSR count). The highest BCUT2D eigenvalue weighted by atomic mass is 16.2. The maximum Gasteiger partial charge on any atom is 0.274 e. The van der Waals surface area contributed by atoms with Crippen molar-refractivity contribution in [3.63, 3.8) is 0 Å². The van der Waals surface area contributed by atoms with Crippen LogP contribution in [0.2, 0.25) is 0 Å². The molecular weight excluding hydrogens is 280 g/mol. The second kappa shape index (κ2) is 5.33. The summed E-state index contributed by atoms with van der Waals surface area (Å²) in [5.74, 6) is -0.839. The molecule has 1 aromatic carbocycles. The maximum atomic E-state index is 12.4. The fraction of sp³-hybridized carbons (Fsp3) is 0.0625. The summed E-state index contributed by atoms with van der Waals surface area (Å²) in [7, 11) is 0. The second-order valence-corrected chi connectivity index (χ2v) is 4.92. The zero-order valence-electron chi connectivity index (χ0n) is 11.9. The third-order valence-corrected chi connectivity index (χ3v) is 3.42. The number of aryl methyl sites for hydroxylation is 1. The van der Waals surface area contributed by atoms with Crippen LogP contribution in [0.25, 0.3) is 5.65 Å². The number of imidazole rings is 1. The van der Waals surface area contributed by atoms with Crippen molar-refractivity contribution in [2.45, 2.75) is 6.92 Å². The summed E-state index contributed by atoms with van der Waals surface area (Å²) >= 11 is 0. The van der Waals surface area contributed by atoms with E-state index in [0.717, 1.165) is 5.56 Å². The zero-order chi connectivity index (χ0) is 15.7. The van der Waals surface area contributed by atoms with E-state index >= 15 is 0 Å². The number of pyridine rings is 1. The van der Waals surface area contributed by atoms with Gasteiger partial charge in [-0.3, -0.25) is 14.0 Å². The molecule has 0 atom stereocenters. The summed E-state index contributed by atoms with van der Waals surface area (Å²) < 4.78 is 1.70. The summed E-state index contributed by atoms with van der Waals surface area (Å²) in [6.07, 6.45) is 3.28. The van der Waals surface area contributed by atoms with Crippen LogP contribution in [0, 0.1) is 6.92 Å². The molecule has 0 bridgehead atoms. The maximum absolute atomic E-state index is 12.4. The van der Waals surface area contributed by atoms with Gasteiger partial charge >= 0.3 is 0 Å². The SMILES string of the molecule is Cc1ccc(C(N)=O)cc1NC(=O)c1cnc2ccccn12. The molecule has 0 aliphatic heterocycles. The Kier molecular flexibility index (Phi) is 3.34. The molecule has 0 aliphatic rings. The van der Waals surface area contributed by atoms with Gasteiger partial charge in [0.15, 0.2) is 0 Å². The van der Waals surface area contributed by atoms with Crippen molar-refractivity contribution in [3.8, 4) is 0 Å². The van der Waals surface area contributed by atoms with Crippen LogP contribution >= 0.6 is 0 Å². The number of fused-ring (bicyclic) bond motifs is 1. The molecule has 3 N–H and O–H groups in total. The number of hydrogen-bond acceptors (Lipinski definition) is 3. The predicted octanol–water partition coefficient (Wildman–Crippen LogP) is 1.99. The Morgan fingerprint density at radius 2 is 2.05 bits per heavy atom. The van der Waals surface area contributed by atoms with Crippen molar-refractivity contribution in [2.24, 2.45) is 5.73 Å². The van der Waals surface area contributed by atoms with Crippen LogP contribution in [0.4, 0.5) is 5.69 Å². The second-order valence-electron chi connectivity index (χ2n) is 4.92. The molecule has 6 nitrogen and oxygen atoms in total. The van der Waals surface area contributed by atoms with Gasteiger partial charge in [0.2, 0.25) is 5.91 Å². The molecule has 0 spiro atoms. The van der Waals surface area contributed by atoms with E-state index in [1.165, 1.54) is 6.20 Å². The summed E-state index contributed by atoms with van der Waals surface area (Å²) in [6, 6.07) is 10.4. The highest BCUT2D eigenvalue weighted by Gasteiger charge is 2.13. The van der Waals surface area contributed by atoms with E-state index < -0.39 is 5.91 Å². The molecule has 0 fully saturated rings. The van der Waals surface area contributed by atoms with Crippen LogP contribution in [-0.4, -0.2) is 21.2 Å². The number of nitrogens with zero attached hydrogens (tertiary/aromatic N) is 2. The lowest BCUT2D eigenvalue weighted by Gasteiger charge is -2.09. The number of aromatic nitrogens is 2. The fourth-order valence-electron chi connectivity index (χ4n) is 2.20. The largest absolute Gasteiger partial charge is 0.366 e. The minimum absolute atomic E-state index is 0.302. The van der Waals surface area contributed by atoms with Crippen LogP contribution in [0.5, 0.6) is 0 Å². The summed E-state index contributed by atoms with van der Waals surface area (Å²) in [5.41, 5.74) is 8.11. The molecule has 110 valence electrons. The number of amides is 2. The van der Waals surface area contributed by atoms with Crippen molar-refractivity contribution in [3.05, 3.63) is 65.6 Å². The number of carbonyl (C=O) groups excluding carboxylic acids is 2. The lowest BCUT2D eigenvalue weighted by molar-refractivity contribution is 0.0995. The van der Waals surface area contributed by atoms with Gasteiger partial charge in [0.25, 0.3) is 5.91 Å². The molecule has 0 saturated heterocycles. The van der Waals surface area contributed by atoms with Gasteiger partial charge in [-0.1, -0.05) is 12.1 Å². The van der Waals surface area contributed by atoms with Crippen LogP contribution in [-0.2, 0) is 0 Å². The number of hydrogen-bond donors (Lipinski definition) is 2. The predicted molar refractivity (Wildman–Crippen MR) is 82.8 cm³/mol. The van der Waals surface area contributed by atoms with Gasteiger partial charge in [-0.25, -0.2) is 4.98 Å².